The van der Waals surface area contributed by atoms with Crippen molar-refractivity contribution in [2.75, 3.05) is 18.4 Å². The average Bonchev–Trinajstić information content (AvgIpc) is 2.36. The molecule has 0 spiro atoms. The number of halogens is 2. The molecule has 0 atom stereocenters. The minimum absolute atomic E-state index is 0. The van der Waals surface area contributed by atoms with E-state index in [1.54, 1.807) is 18.2 Å². The largest absolute Gasteiger partial charge is 0.352 e. The topological polar surface area (TPSA) is 84.2 Å². The molecule has 0 saturated heterocycles. The quantitative estimate of drug-likeness (QED) is 0.747. The van der Waals surface area contributed by atoms with E-state index < -0.39 is 0 Å². The molecule has 7 heteroatoms. The first-order valence-electron chi connectivity index (χ1n) is 6.51. The van der Waals surface area contributed by atoms with Crippen LogP contribution in [0.2, 0.25) is 5.02 Å². The average molecular weight is 334 g/mol. The zero-order valence-electron chi connectivity index (χ0n) is 12.1. The van der Waals surface area contributed by atoms with E-state index in [9.17, 15) is 9.59 Å². The lowest BCUT2D eigenvalue weighted by molar-refractivity contribution is -0.116. The third-order valence-corrected chi connectivity index (χ3v) is 2.85. The Morgan fingerprint density at radius 2 is 2.00 bits per heavy atom. The van der Waals surface area contributed by atoms with Crippen LogP contribution in [0.5, 0.6) is 0 Å². The van der Waals surface area contributed by atoms with Gasteiger partial charge in [-0.15, -0.1) is 12.4 Å². The molecular formula is C14H21Cl2N3O2. The number of nitrogens with two attached hydrogens (primary N) is 1. The van der Waals surface area contributed by atoms with Crippen LogP contribution in [0.15, 0.2) is 18.2 Å². The smallest absolute Gasteiger partial charge is 0.252 e. The van der Waals surface area contributed by atoms with Gasteiger partial charge in [0, 0.05) is 25.2 Å². The zero-order chi connectivity index (χ0) is 15.1. The molecule has 0 unspecified atom stereocenters. The van der Waals surface area contributed by atoms with Crippen LogP contribution in [0.1, 0.15) is 30.6 Å². The van der Waals surface area contributed by atoms with Crippen LogP contribution < -0.4 is 16.4 Å². The third-order valence-electron chi connectivity index (χ3n) is 2.54. The molecule has 0 radical (unpaired) electrons. The second-order valence-electron chi connectivity index (χ2n) is 4.89. The van der Waals surface area contributed by atoms with Gasteiger partial charge in [-0.25, -0.2) is 0 Å². The summed E-state index contributed by atoms with van der Waals surface area (Å²) in [6.45, 7) is 4.90. The maximum Gasteiger partial charge on any atom is 0.252 e. The number of rotatable bonds is 6. The van der Waals surface area contributed by atoms with Gasteiger partial charge in [-0.05, 0) is 24.1 Å². The molecule has 118 valence electrons. The summed E-state index contributed by atoms with van der Waals surface area (Å²) in [5, 5.41) is 5.76. The van der Waals surface area contributed by atoms with Crippen molar-refractivity contribution < 1.29 is 9.59 Å². The fourth-order valence-corrected chi connectivity index (χ4v) is 1.79. The van der Waals surface area contributed by atoms with Gasteiger partial charge < -0.3 is 16.4 Å². The molecule has 0 aliphatic rings. The molecule has 0 heterocycles. The van der Waals surface area contributed by atoms with E-state index in [0.717, 1.165) is 0 Å². The molecule has 21 heavy (non-hydrogen) atoms. The van der Waals surface area contributed by atoms with Crippen molar-refractivity contribution in [1.29, 1.82) is 0 Å². The first-order valence-corrected chi connectivity index (χ1v) is 6.89. The molecule has 0 saturated carbocycles. The SMILES string of the molecule is CC(C)CNC(=O)c1ccc(NC(=O)CCN)cc1Cl.Cl. The molecule has 1 aromatic carbocycles. The lowest BCUT2D eigenvalue weighted by Crippen LogP contribution is -2.27. The zero-order valence-corrected chi connectivity index (χ0v) is 13.7. The first-order chi connectivity index (χ1) is 9.43. The maximum atomic E-state index is 11.9. The summed E-state index contributed by atoms with van der Waals surface area (Å²) >= 11 is 6.06. The molecular weight excluding hydrogens is 313 g/mol. The number of hydrogen-bond acceptors (Lipinski definition) is 3. The van der Waals surface area contributed by atoms with Crippen molar-refractivity contribution in [1.82, 2.24) is 5.32 Å². The van der Waals surface area contributed by atoms with Crippen LogP contribution in [-0.2, 0) is 4.79 Å². The van der Waals surface area contributed by atoms with Gasteiger partial charge >= 0.3 is 0 Å². The molecule has 5 nitrogen and oxygen atoms in total. The van der Waals surface area contributed by atoms with Crippen LogP contribution in [0, 0.1) is 5.92 Å². The number of nitrogens with one attached hydrogen (secondary N) is 2. The predicted octanol–water partition coefficient (Wildman–Crippen LogP) is 2.43. The minimum Gasteiger partial charge on any atom is -0.352 e. The van der Waals surface area contributed by atoms with Crippen molar-refractivity contribution in [2.45, 2.75) is 20.3 Å². The second kappa shape index (κ2) is 9.60. The van der Waals surface area contributed by atoms with Gasteiger partial charge in [0.2, 0.25) is 5.91 Å². The normalized spacial score (nSPS) is 9.95. The van der Waals surface area contributed by atoms with Crippen LogP contribution in [0.4, 0.5) is 5.69 Å². The van der Waals surface area contributed by atoms with Crippen LogP contribution in [0.3, 0.4) is 0 Å². The van der Waals surface area contributed by atoms with Gasteiger partial charge in [-0.2, -0.15) is 0 Å². The minimum atomic E-state index is -0.219. The molecule has 4 N–H and O–H groups in total. The Balaban J connectivity index is 0.00000400. The van der Waals surface area contributed by atoms with E-state index >= 15 is 0 Å². The van der Waals surface area contributed by atoms with Gasteiger partial charge in [0.15, 0.2) is 0 Å². The molecule has 0 aromatic heterocycles. The molecule has 0 fully saturated rings. The first kappa shape index (κ1) is 19.7. The third kappa shape index (κ3) is 6.80. The predicted molar refractivity (Wildman–Crippen MR) is 88.2 cm³/mol. The lowest BCUT2D eigenvalue weighted by Gasteiger charge is -2.10. The Hall–Kier alpha value is -1.30. The van der Waals surface area contributed by atoms with Gasteiger partial charge in [0.1, 0.15) is 0 Å². The summed E-state index contributed by atoms with van der Waals surface area (Å²) < 4.78 is 0. The van der Waals surface area contributed by atoms with Gasteiger partial charge in [0.05, 0.1) is 10.6 Å². The van der Waals surface area contributed by atoms with Crippen LogP contribution in [0.25, 0.3) is 0 Å². The van der Waals surface area contributed by atoms with Gasteiger partial charge in [-0.1, -0.05) is 25.4 Å². The van der Waals surface area contributed by atoms with E-state index in [2.05, 4.69) is 10.6 Å². The Labute approximate surface area is 136 Å². The van der Waals surface area contributed by atoms with E-state index in [-0.39, 0.29) is 37.2 Å². The van der Waals surface area contributed by atoms with Crippen molar-refractivity contribution in [3.63, 3.8) is 0 Å². The van der Waals surface area contributed by atoms with Crippen molar-refractivity contribution in [3.8, 4) is 0 Å². The van der Waals surface area contributed by atoms with Gasteiger partial charge in [0.25, 0.3) is 5.91 Å². The van der Waals surface area contributed by atoms with E-state index in [0.29, 0.717) is 28.7 Å². The second-order valence-corrected chi connectivity index (χ2v) is 5.29. The highest BCUT2D eigenvalue weighted by Crippen LogP contribution is 2.21. The highest BCUT2D eigenvalue weighted by Gasteiger charge is 2.11. The van der Waals surface area contributed by atoms with Crippen LogP contribution >= 0.6 is 24.0 Å². The number of benzene rings is 1. The standard InChI is InChI=1S/C14H20ClN3O2.ClH/c1-9(2)8-17-14(20)11-4-3-10(7-12(11)15)18-13(19)5-6-16;/h3-4,7,9H,5-6,8,16H2,1-2H3,(H,17,20)(H,18,19);1H. The fourth-order valence-electron chi connectivity index (χ4n) is 1.52. The van der Waals surface area contributed by atoms with Crippen molar-refractivity contribution >= 4 is 41.5 Å². The van der Waals surface area contributed by atoms with E-state index in [1.165, 1.54) is 0 Å². The summed E-state index contributed by atoms with van der Waals surface area (Å²) in [6, 6.07) is 4.79. The summed E-state index contributed by atoms with van der Waals surface area (Å²) in [7, 11) is 0. The summed E-state index contributed by atoms with van der Waals surface area (Å²) in [4.78, 5) is 23.3. The van der Waals surface area contributed by atoms with Crippen molar-refractivity contribution in [3.05, 3.63) is 28.8 Å². The molecule has 2 amide bonds. The molecule has 0 aliphatic heterocycles. The highest BCUT2D eigenvalue weighted by atomic mass is 35.5. The Kier molecular flexibility index (Phi) is 9.01. The highest BCUT2D eigenvalue weighted by molar-refractivity contribution is 6.34. The molecule has 0 aliphatic carbocycles. The fraction of sp³-hybridized carbons (Fsp3) is 0.429. The van der Waals surface area contributed by atoms with E-state index in [1.807, 2.05) is 13.8 Å². The van der Waals surface area contributed by atoms with Crippen molar-refractivity contribution in [2.24, 2.45) is 11.7 Å². The molecule has 1 aromatic rings. The summed E-state index contributed by atoms with van der Waals surface area (Å²) in [6.07, 6.45) is 0.244. The van der Waals surface area contributed by atoms with Gasteiger partial charge in [-0.3, -0.25) is 9.59 Å². The summed E-state index contributed by atoms with van der Waals surface area (Å²) in [5.74, 6) is -0.0309. The Morgan fingerprint density at radius 1 is 1.33 bits per heavy atom. The number of amides is 2. The number of carbonyl (C=O) groups is 2. The number of hydrogen-bond donors (Lipinski definition) is 3. The van der Waals surface area contributed by atoms with Crippen LogP contribution in [-0.4, -0.2) is 24.9 Å². The number of carbonyl (C=O) groups excluding carboxylic acids is 2. The van der Waals surface area contributed by atoms with E-state index in [4.69, 9.17) is 17.3 Å². The molecule has 0 bridgehead atoms. The Morgan fingerprint density at radius 3 is 2.52 bits per heavy atom. The maximum absolute atomic E-state index is 11.9. The monoisotopic (exact) mass is 333 g/mol. The Bertz CT molecular complexity index is 493. The molecule has 1 rings (SSSR count). The lowest BCUT2D eigenvalue weighted by atomic mass is 10.1. The summed E-state index contributed by atoms with van der Waals surface area (Å²) in [5.41, 5.74) is 6.24. The number of anilines is 1.